The van der Waals surface area contributed by atoms with Gasteiger partial charge in [0.15, 0.2) is 0 Å². The summed E-state index contributed by atoms with van der Waals surface area (Å²) >= 11 is 5.68. The molecular weight excluding hydrogens is 150 g/mol. The summed E-state index contributed by atoms with van der Waals surface area (Å²) in [5.74, 6) is 0.144. The Hall–Kier alpha value is -0.890. The molecule has 1 rings (SSSR count). The van der Waals surface area contributed by atoms with Crippen LogP contribution in [0.1, 0.15) is 5.56 Å². The fraction of sp³-hybridized carbons (Fsp3) is 0.143. The van der Waals surface area contributed by atoms with E-state index in [-0.39, 0.29) is 5.75 Å². The van der Waals surface area contributed by atoms with Gasteiger partial charge in [-0.05, 0) is 13.0 Å². The molecule has 0 aliphatic carbocycles. The monoisotopic (exact) mass is 157 g/mol. The average molecular weight is 158 g/mol. The van der Waals surface area contributed by atoms with Crippen LogP contribution in [0.15, 0.2) is 12.1 Å². The van der Waals surface area contributed by atoms with Gasteiger partial charge in [-0.1, -0.05) is 11.6 Å². The molecule has 3 N–H and O–H groups in total. The molecule has 0 radical (unpaired) electrons. The van der Waals surface area contributed by atoms with Gasteiger partial charge in [0.1, 0.15) is 5.75 Å². The number of anilines is 1. The highest BCUT2D eigenvalue weighted by Gasteiger charge is 2.00. The molecular formula is C7H8ClNO. The number of nitrogens with two attached hydrogens (primary N) is 1. The van der Waals surface area contributed by atoms with E-state index in [1.807, 2.05) is 0 Å². The number of rotatable bonds is 0. The molecule has 0 heterocycles. The maximum absolute atomic E-state index is 9.12. The van der Waals surface area contributed by atoms with Crippen molar-refractivity contribution < 1.29 is 5.11 Å². The van der Waals surface area contributed by atoms with E-state index in [0.717, 1.165) is 0 Å². The summed E-state index contributed by atoms with van der Waals surface area (Å²) in [6.45, 7) is 1.73. The highest BCUT2D eigenvalue weighted by molar-refractivity contribution is 6.31. The zero-order valence-electron chi connectivity index (χ0n) is 5.56. The minimum absolute atomic E-state index is 0.144. The van der Waals surface area contributed by atoms with E-state index in [1.54, 1.807) is 13.0 Å². The Bertz CT molecular complexity index is 237. The molecule has 0 aliphatic rings. The molecule has 0 fully saturated rings. The molecule has 0 saturated carbocycles. The zero-order valence-corrected chi connectivity index (χ0v) is 6.31. The molecule has 0 amide bonds. The first-order chi connectivity index (χ1) is 4.61. The average Bonchev–Trinajstić information content (AvgIpc) is 1.82. The molecule has 3 heteroatoms. The lowest BCUT2D eigenvalue weighted by atomic mass is 10.2. The van der Waals surface area contributed by atoms with Gasteiger partial charge in [-0.15, -0.1) is 0 Å². The molecule has 1 aromatic rings. The molecule has 2 nitrogen and oxygen atoms in total. The van der Waals surface area contributed by atoms with Crippen LogP contribution in [-0.4, -0.2) is 5.11 Å². The van der Waals surface area contributed by atoms with Crippen molar-refractivity contribution in [2.75, 3.05) is 5.73 Å². The van der Waals surface area contributed by atoms with Crippen LogP contribution in [0.3, 0.4) is 0 Å². The minimum atomic E-state index is 0.144. The lowest BCUT2D eigenvalue weighted by Gasteiger charge is -2.01. The molecule has 0 saturated heterocycles. The van der Waals surface area contributed by atoms with Gasteiger partial charge in [0.2, 0.25) is 0 Å². The Kier molecular flexibility index (Phi) is 1.72. The standard InChI is InChI=1S/C7H8ClNO/c1-4-6(8)2-5(9)3-7(4)10/h2-3,10H,9H2,1H3. The number of benzene rings is 1. The summed E-state index contributed by atoms with van der Waals surface area (Å²) in [7, 11) is 0. The van der Waals surface area contributed by atoms with Crippen LogP contribution >= 0.6 is 11.6 Å². The SMILES string of the molecule is Cc1c(O)cc(N)cc1Cl. The van der Waals surface area contributed by atoms with E-state index in [9.17, 15) is 0 Å². The second-order valence-corrected chi connectivity index (χ2v) is 2.55. The molecule has 0 aliphatic heterocycles. The summed E-state index contributed by atoms with van der Waals surface area (Å²) in [6.07, 6.45) is 0. The summed E-state index contributed by atoms with van der Waals surface area (Å²) in [4.78, 5) is 0. The number of hydrogen-bond donors (Lipinski definition) is 2. The van der Waals surface area contributed by atoms with Crippen molar-refractivity contribution in [1.29, 1.82) is 0 Å². The van der Waals surface area contributed by atoms with E-state index >= 15 is 0 Å². The normalized spacial score (nSPS) is 9.80. The maximum Gasteiger partial charge on any atom is 0.122 e. The molecule has 0 bridgehead atoms. The van der Waals surface area contributed by atoms with Gasteiger partial charge < -0.3 is 10.8 Å². The third kappa shape index (κ3) is 1.16. The Balaban J connectivity index is 3.31. The van der Waals surface area contributed by atoms with Crippen molar-refractivity contribution in [3.63, 3.8) is 0 Å². The van der Waals surface area contributed by atoms with Gasteiger partial charge >= 0.3 is 0 Å². The van der Waals surface area contributed by atoms with Crippen molar-refractivity contribution in [2.45, 2.75) is 6.92 Å². The molecule has 0 unspecified atom stereocenters. The van der Waals surface area contributed by atoms with Crippen molar-refractivity contribution in [1.82, 2.24) is 0 Å². The summed E-state index contributed by atoms with van der Waals surface area (Å²) in [5.41, 5.74) is 6.53. The highest BCUT2D eigenvalue weighted by atomic mass is 35.5. The Morgan fingerprint density at radius 3 is 2.60 bits per heavy atom. The van der Waals surface area contributed by atoms with Crippen LogP contribution in [0.4, 0.5) is 5.69 Å². The Labute approximate surface area is 64.2 Å². The van der Waals surface area contributed by atoms with Crippen LogP contribution in [-0.2, 0) is 0 Å². The van der Waals surface area contributed by atoms with Crippen LogP contribution in [0.2, 0.25) is 5.02 Å². The molecule has 1 aromatic carbocycles. The van der Waals surface area contributed by atoms with Gasteiger partial charge in [0.25, 0.3) is 0 Å². The third-order valence-corrected chi connectivity index (χ3v) is 1.73. The fourth-order valence-electron chi connectivity index (χ4n) is 0.685. The van der Waals surface area contributed by atoms with Crippen LogP contribution in [0.5, 0.6) is 5.75 Å². The van der Waals surface area contributed by atoms with E-state index in [4.69, 9.17) is 22.4 Å². The lowest BCUT2D eigenvalue weighted by molar-refractivity contribution is 0.471. The number of aromatic hydroxyl groups is 1. The van der Waals surface area contributed by atoms with Crippen LogP contribution in [0, 0.1) is 6.92 Å². The quantitative estimate of drug-likeness (QED) is 0.566. The molecule has 54 valence electrons. The lowest BCUT2D eigenvalue weighted by Crippen LogP contribution is -1.85. The van der Waals surface area contributed by atoms with Gasteiger partial charge in [-0.2, -0.15) is 0 Å². The van der Waals surface area contributed by atoms with Crippen molar-refractivity contribution in [2.24, 2.45) is 0 Å². The second-order valence-electron chi connectivity index (χ2n) is 2.15. The summed E-state index contributed by atoms with van der Waals surface area (Å²) in [6, 6.07) is 3.08. The predicted octanol–water partition coefficient (Wildman–Crippen LogP) is 1.94. The van der Waals surface area contributed by atoms with Crippen molar-refractivity contribution in [3.05, 3.63) is 22.7 Å². The first kappa shape index (κ1) is 7.22. The Morgan fingerprint density at radius 2 is 2.10 bits per heavy atom. The van der Waals surface area contributed by atoms with Crippen molar-refractivity contribution in [3.8, 4) is 5.75 Å². The topological polar surface area (TPSA) is 46.2 Å². The van der Waals surface area contributed by atoms with Gasteiger partial charge in [-0.25, -0.2) is 0 Å². The van der Waals surface area contributed by atoms with Crippen LogP contribution in [0.25, 0.3) is 0 Å². The number of hydrogen-bond acceptors (Lipinski definition) is 2. The predicted molar refractivity (Wildman–Crippen MR) is 42.3 cm³/mol. The van der Waals surface area contributed by atoms with Crippen molar-refractivity contribution >= 4 is 17.3 Å². The minimum Gasteiger partial charge on any atom is -0.508 e. The first-order valence-electron chi connectivity index (χ1n) is 2.86. The second kappa shape index (κ2) is 2.39. The highest BCUT2D eigenvalue weighted by Crippen LogP contribution is 2.27. The summed E-state index contributed by atoms with van der Waals surface area (Å²) < 4.78 is 0. The maximum atomic E-state index is 9.12. The van der Waals surface area contributed by atoms with Gasteiger partial charge in [-0.3, -0.25) is 0 Å². The van der Waals surface area contributed by atoms with E-state index in [2.05, 4.69) is 0 Å². The Morgan fingerprint density at radius 1 is 1.50 bits per heavy atom. The smallest absolute Gasteiger partial charge is 0.122 e. The van der Waals surface area contributed by atoms with Gasteiger partial charge in [0, 0.05) is 22.3 Å². The fourth-order valence-corrected chi connectivity index (χ4v) is 0.908. The van der Waals surface area contributed by atoms with Crippen LogP contribution < -0.4 is 5.73 Å². The van der Waals surface area contributed by atoms with E-state index in [1.165, 1.54) is 6.07 Å². The molecule has 0 spiro atoms. The summed E-state index contributed by atoms with van der Waals surface area (Å²) in [5, 5.41) is 9.61. The number of nitrogen functional groups attached to an aromatic ring is 1. The van der Waals surface area contributed by atoms with E-state index < -0.39 is 0 Å². The first-order valence-corrected chi connectivity index (χ1v) is 3.23. The number of phenols is 1. The van der Waals surface area contributed by atoms with E-state index in [0.29, 0.717) is 16.3 Å². The van der Waals surface area contributed by atoms with Gasteiger partial charge in [0.05, 0.1) is 0 Å². The molecule has 10 heavy (non-hydrogen) atoms. The number of phenolic OH excluding ortho intramolecular Hbond substituents is 1. The molecule has 0 atom stereocenters. The third-order valence-electron chi connectivity index (χ3n) is 1.34. The molecule has 0 aromatic heterocycles. The largest absolute Gasteiger partial charge is 0.508 e. The number of halogens is 1. The zero-order chi connectivity index (χ0) is 7.72.